The third-order valence-electron chi connectivity index (χ3n) is 15.4. The number of benzene rings is 3. The maximum Gasteiger partial charge on any atom is 0.490 e. The maximum absolute atomic E-state index is 14.1. The molecule has 1 aliphatic carbocycles. The van der Waals surface area contributed by atoms with Gasteiger partial charge in [0.15, 0.2) is 0 Å². The number of halogens is 4. The smallest absolute Gasteiger partial charge is 0.481 e. The first-order valence-corrected chi connectivity index (χ1v) is 31.0. The first-order valence-electron chi connectivity index (χ1n) is 29.9. The van der Waals surface area contributed by atoms with Crippen molar-refractivity contribution in [3.05, 3.63) is 81.4 Å². The van der Waals surface area contributed by atoms with Crippen molar-refractivity contribution in [1.29, 1.82) is 0 Å². The number of nitrogens with one attached hydrogen (secondary N) is 6. The number of carbonyl (C=O) groups excluding carboxylic acids is 5. The van der Waals surface area contributed by atoms with Crippen LogP contribution in [0.4, 0.5) is 18.0 Å². The molecule has 0 aromatic heterocycles. The first kappa shape index (κ1) is 77.2. The van der Waals surface area contributed by atoms with Crippen LogP contribution in [0.3, 0.4) is 0 Å². The maximum atomic E-state index is 14.1. The Labute approximate surface area is 546 Å². The number of nitrogens with zero attached hydrogens (tertiary/aromatic N) is 4. The Hall–Kier alpha value is -8.28. The van der Waals surface area contributed by atoms with Crippen LogP contribution in [0.1, 0.15) is 68.9 Å². The lowest BCUT2D eigenvalue weighted by atomic mass is 9.81. The van der Waals surface area contributed by atoms with Gasteiger partial charge < -0.3 is 67.6 Å². The van der Waals surface area contributed by atoms with Gasteiger partial charge >= 0.3 is 54.0 Å². The van der Waals surface area contributed by atoms with E-state index in [-0.39, 0.29) is 136 Å². The molecular formula is C60H80F3IN10O19. The van der Waals surface area contributed by atoms with Gasteiger partial charge in [0.05, 0.1) is 26.2 Å². The fourth-order valence-electron chi connectivity index (χ4n) is 10.3. The van der Waals surface area contributed by atoms with Gasteiger partial charge in [-0.2, -0.15) is 13.2 Å². The summed E-state index contributed by atoms with van der Waals surface area (Å²) in [6.07, 6.45) is -3.28. The number of amides is 6. The van der Waals surface area contributed by atoms with Crippen molar-refractivity contribution in [2.45, 2.75) is 101 Å². The SMILES string of the molecule is O=C(O)C(F)(F)F.O=C(O)CC[C@H](NC(=O)N[C@@H](CCCCNC(=O)[C@H](Cc1ccc2ccccc2c1)NC(=O)C1CCC(CNC(=O)[C@H](Cc2ccc(I)cc2)NC(=O)CN2CCN(CC(=O)O)CCN(CC(=O)O)CCN(CC(=O)O)CC2)CC1)C(=O)O)C(=O)O. The zero-order valence-electron chi connectivity index (χ0n) is 50.8. The number of urea groups is 1. The van der Waals surface area contributed by atoms with Gasteiger partial charge in [-0.1, -0.05) is 54.6 Å². The van der Waals surface area contributed by atoms with Gasteiger partial charge in [0.25, 0.3) is 0 Å². The highest BCUT2D eigenvalue weighted by molar-refractivity contribution is 14.1. The molecule has 0 spiro atoms. The summed E-state index contributed by atoms with van der Waals surface area (Å²) in [4.78, 5) is 154. The average molecular weight is 1430 g/mol. The minimum Gasteiger partial charge on any atom is -0.481 e. The predicted octanol–water partition coefficient (Wildman–Crippen LogP) is 1.59. The van der Waals surface area contributed by atoms with Crippen molar-refractivity contribution in [2.75, 3.05) is 91.6 Å². The second kappa shape index (κ2) is 39.3. The van der Waals surface area contributed by atoms with Crippen LogP contribution in [-0.2, 0) is 65.6 Å². The summed E-state index contributed by atoms with van der Waals surface area (Å²) in [6.45, 7) is 0.838. The Morgan fingerprint density at radius 1 is 0.505 bits per heavy atom. The molecule has 33 heteroatoms. The summed E-state index contributed by atoms with van der Waals surface area (Å²) in [5, 5.41) is 81.9. The normalized spacial score (nSPS) is 17.5. The van der Waals surface area contributed by atoms with E-state index in [4.69, 9.17) is 15.0 Å². The van der Waals surface area contributed by atoms with Gasteiger partial charge in [0.2, 0.25) is 23.6 Å². The molecule has 6 amide bonds. The van der Waals surface area contributed by atoms with E-state index in [1.54, 1.807) is 19.6 Å². The molecule has 13 N–H and O–H groups in total. The van der Waals surface area contributed by atoms with Crippen LogP contribution in [0.15, 0.2) is 66.7 Å². The van der Waals surface area contributed by atoms with Crippen molar-refractivity contribution in [3.63, 3.8) is 0 Å². The monoisotopic (exact) mass is 1430 g/mol. The zero-order valence-corrected chi connectivity index (χ0v) is 53.0. The number of hydrogen-bond acceptors (Lipinski definition) is 16. The molecule has 1 saturated carbocycles. The molecule has 5 rings (SSSR count). The van der Waals surface area contributed by atoms with Gasteiger partial charge in [-0.05, 0) is 114 Å². The molecule has 29 nitrogen and oxygen atoms in total. The van der Waals surface area contributed by atoms with Crippen LogP contribution in [0.5, 0.6) is 0 Å². The molecular weight excluding hydrogens is 1350 g/mol. The van der Waals surface area contributed by atoms with Crippen LogP contribution in [0.25, 0.3) is 10.8 Å². The highest BCUT2D eigenvalue weighted by Crippen LogP contribution is 2.29. The lowest BCUT2D eigenvalue weighted by Gasteiger charge is -2.33. The van der Waals surface area contributed by atoms with Crippen LogP contribution in [0, 0.1) is 15.4 Å². The van der Waals surface area contributed by atoms with Crippen molar-refractivity contribution in [2.24, 2.45) is 11.8 Å². The van der Waals surface area contributed by atoms with E-state index in [9.17, 15) is 91.4 Å². The quantitative estimate of drug-likeness (QED) is 0.0321. The zero-order chi connectivity index (χ0) is 68.8. The first-order chi connectivity index (χ1) is 43.9. The number of aliphatic carboxylic acids is 7. The fourth-order valence-corrected chi connectivity index (χ4v) is 10.7. The molecule has 93 heavy (non-hydrogen) atoms. The van der Waals surface area contributed by atoms with Gasteiger partial charge in [0.1, 0.15) is 24.2 Å². The number of alkyl halides is 3. The molecule has 3 aromatic carbocycles. The fraction of sp³-hybridized carbons (Fsp3) is 0.533. The Morgan fingerprint density at radius 2 is 0.957 bits per heavy atom. The van der Waals surface area contributed by atoms with E-state index in [2.05, 4.69) is 54.5 Å². The van der Waals surface area contributed by atoms with Crippen LogP contribution in [-0.4, -0.2) is 249 Å². The lowest BCUT2D eigenvalue weighted by molar-refractivity contribution is -0.192. The van der Waals surface area contributed by atoms with Crippen LogP contribution < -0.4 is 31.9 Å². The van der Waals surface area contributed by atoms with E-state index in [0.29, 0.717) is 25.7 Å². The van der Waals surface area contributed by atoms with E-state index in [1.807, 2.05) is 66.7 Å². The van der Waals surface area contributed by atoms with Crippen molar-refractivity contribution < 1.29 is 106 Å². The minimum atomic E-state index is -5.08. The van der Waals surface area contributed by atoms with E-state index < -0.39 is 115 Å². The molecule has 1 heterocycles. The minimum absolute atomic E-state index is 0.0221. The molecule has 2 fully saturated rings. The molecule has 0 radical (unpaired) electrons. The number of rotatable bonds is 31. The van der Waals surface area contributed by atoms with Crippen molar-refractivity contribution in [3.8, 4) is 0 Å². The van der Waals surface area contributed by atoms with E-state index in [1.165, 1.54) is 0 Å². The topological polar surface area (TPSA) is 432 Å². The Kier molecular flexibility index (Phi) is 32.6. The number of carboxylic acid groups (broad SMARTS) is 7. The van der Waals surface area contributed by atoms with Crippen molar-refractivity contribution in [1.82, 2.24) is 51.5 Å². The van der Waals surface area contributed by atoms with E-state index in [0.717, 1.165) is 25.5 Å². The highest BCUT2D eigenvalue weighted by atomic mass is 127. The molecule has 1 aliphatic heterocycles. The van der Waals surface area contributed by atoms with E-state index >= 15 is 0 Å². The molecule has 0 unspecified atom stereocenters. The molecule has 2 aliphatic rings. The molecule has 1 saturated heterocycles. The largest absolute Gasteiger partial charge is 0.490 e. The number of hydrogen-bond donors (Lipinski definition) is 13. The summed E-state index contributed by atoms with van der Waals surface area (Å²) in [5.74, 6) is -12.3. The van der Waals surface area contributed by atoms with Gasteiger partial charge in [0, 0.05) is 94.2 Å². The van der Waals surface area contributed by atoms with Gasteiger partial charge in [-0.3, -0.25) is 58.0 Å². The second-order valence-electron chi connectivity index (χ2n) is 22.6. The average Bonchev–Trinajstić information content (AvgIpc) is 1.14. The predicted molar refractivity (Wildman–Crippen MR) is 333 cm³/mol. The number of fused-ring (bicyclic) bond motifs is 1. The third kappa shape index (κ3) is 30.4. The van der Waals surface area contributed by atoms with Gasteiger partial charge in [-0.15, -0.1) is 0 Å². The standard InChI is InChI=1S/C58H79IN10O17.C2HF3O2/c59-43-16-11-37(12-17-43)30-46(62-48(70)33-66-21-23-67(34-50(73)74)25-27-69(36-52(77)78)28-26-68(24-22-66)35-51(75)76)55(81)61-32-38-8-14-41(15-9-38)53(79)63-47(31-39-10-13-40-5-1-2-6-42(40)29-39)54(80)60-20-4-3-7-44(56(82)83)64-58(86)65-45(57(84)85)18-19-49(71)72;3-2(4,5)1(6)7/h1-2,5-6,10-13,16-17,29,38,41,44-47H,3-4,7-9,14-15,18-28,30-36H2,(H,60,80)(H,61,81)(H,62,70)(H,63,79)(H,71,72)(H,73,74)(H,75,76)(H,77,78)(H,82,83)(H,84,85)(H2,64,65,86);(H,6,7)/t38?,41?,44-,45-,46-,47-;/m0./s1. The van der Waals surface area contributed by atoms with Crippen LogP contribution in [0.2, 0.25) is 0 Å². The Balaban J connectivity index is 0.00000248. The van der Waals surface area contributed by atoms with Gasteiger partial charge in [-0.25, -0.2) is 19.2 Å². The Bertz CT molecular complexity index is 3020. The highest BCUT2D eigenvalue weighted by Gasteiger charge is 2.38. The second-order valence-corrected chi connectivity index (χ2v) is 23.8. The van der Waals surface area contributed by atoms with Crippen LogP contribution >= 0.6 is 22.6 Å². The number of unbranched alkanes of at least 4 members (excludes halogenated alkanes) is 1. The Morgan fingerprint density at radius 3 is 1.44 bits per heavy atom. The summed E-state index contributed by atoms with van der Waals surface area (Å²) in [7, 11) is 0. The molecule has 0 bridgehead atoms. The number of carboxylic acids is 7. The molecule has 4 atom stereocenters. The summed E-state index contributed by atoms with van der Waals surface area (Å²) >= 11 is 2.17. The molecule has 3 aromatic rings. The lowest BCUT2D eigenvalue weighted by Crippen LogP contribution is -2.53. The third-order valence-corrected chi connectivity index (χ3v) is 16.1. The number of carbonyl (C=O) groups is 12. The summed E-state index contributed by atoms with van der Waals surface area (Å²) < 4.78 is 32.7. The summed E-state index contributed by atoms with van der Waals surface area (Å²) in [5.41, 5.74) is 1.58. The van der Waals surface area contributed by atoms with Crippen molar-refractivity contribution >= 4 is 105 Å². The molecule has 512 valence electrons. The summed E-state index contributed by atoms with van der Waals surface area (Å²) in [6, 6.07) is 14.8.